The molecule has 4 aromatic rings. The van der Waals surface area contributed by atoms with Crippen LogP contribution in [0.3, 0.4) is 0 Å². The van der Waals surface area contributed by atoms with Gasteiger partial charge < -0.3 is 10.1 Å². The summed E-state index contributed by atoms with van der Waals surface area (Å²) < 4.78 is 1.90. The number of imidazole rings is 1. The number of H-pyrrole nitrogens is 1. The molecule has 0 unspecified atom stereocenters. The molecule has 21 heavy (non-hydrogen) atoms. The molecule has 0 saturated heterocycles. The molecule has 5 heteroatoms. The molecular formula is C16H14N4O. The zero-order chi connectivity index (χ0) is 14.4. The van der Waals surface area contributed by atoms with Gasteiger partial charge >= 0.3 is 0 Å². The summed E-state index contributed by atoms with van der Waals surface area (Å²) in [6.45, 7) is 1.69. The van der Waals surface area contributed by atoms with Gasteiger partial charge in [-0.1, -0.05) is 18.2 Å². The third-order valence-corrected chi connectivity index (χ3v) is 3.60. The van der Waals surface area contributed by atoms with Crippen LogP contribution < -0.4 is 0 Å². The summed E-state index contributed by atoms with van der Waals surface area (Å²) in [6, 6.07) is 14.0. The van der Waals surface area contributed by atoms with Gasteiger partial charge in [0, 0.05) is 5.39 Å². The molecule has 0 aliphatic rings. The van der Waals surface area contributed by atoms with Crippen molar-refractivity contribution in [2.24, 2.45) is 0 Å². The summed E-state index contributed by atoms with van der Waals surface area (Å²) in [7, 11) is 0. The molecule has 104 valence electrons. The van der Waals surface area contributed by atoms with Gasteiger partial charge in [0.15, 0.2) is 0 Å². The fourth-order valence-electron chi connectivity index (χ4n) is 2.52. The number of fused-ring (bicyclic) bond motifs is 2. The highest BCUT2D eigenvalue weighted by Gasteiger charge is 2.10. The highest BCUT2D eigenvalue weighted by molar-refractivity contribution is 5.82. The van der Waals surface area contributed by atoms with Crippen LogP contribution in [0.25, 0.3) is 27.6 Å². The maximum absolute atomic E-state index is 9.61. The molecule has 2 heterocycles. The minimum atomic E-state index is -0.605. The lowest BCUT2D eigenvalue weighted by molar-refractivity contribution is 0.190. The number of rotatable bonds is 2. The van der Waals surface area contributed by atoms with Crippen LogP contribution in [0.5, 0.6) is 0 Å². The summed E-state index contributed by atoms with van der Waals surface area (Å²) in [6.07, 6.45) is 1.25. The minimum absolute atomic E-state index is 0.576. The predicted octanol–water partition coefficient (Wildman–Crippen LogP) is 2.96. The third kappa shape index (κ3) is 1.90. The molecule has 1 atom stereocenters. The van der Waals surface area contributed by atoms with Gasteiger partial charge in [-0.05, 0) is 31.2 Å². The second-order valence-electron chi connectivity index (χ2n) is 5.11. The van der Waals surface area contributed by atoms with Crippen molar-refractivity contribution in [1.29, 1.82) is 0 Å². The second kappa shape index (κ2) is 4.43. The monoisotopic (exact) mass is 278 g/mol. The zero-order valence-electron chi connectivity index (χ0n) is 11.5. The van der Waals surface area contributed by atoms with Gasteiger partial charge in [-0.25, -0.2) is 9.67 Å². The lowest BCUT2D eigenvalue weighted by Crippen LogP contribution is -1.95. The molecule has 0 fully saturated rings. The van der Waals surface area contributed by atoms with E-state index in [1.807, 2.05) is 53.3 Å². The quantitative estimate of drug-likeness (QED) is 0.592. The van der Waals surface area contributed by atoms with Crippen LogP contribution in [0.2, 0.25) is 0 Å². The first kappa shape index (κ1) is 12.1. The van der Waals surface area contributed by atoms with Gasteiger partial charge in [0.05, 0.1) is 28.4 Å². The van der Waals surface area contributed by atoms with Gasteiger partial charge in [0.1, 0.15) is 11.9 Å². The summed E-state index contributed by atoms with van der Waals surface area (Å²) in [5.41, 5.74) is 3.76. The number of aromatic nitrogens is 4. The van der Waals surface area contributed by atoms with Crippen molar-refractivity contribution in [2.45, 2.75) is 13.0 Å². The van der Waals surface area contributed by atoms with E-state index in [1.54, 1.807) is 6.92 Å². The number of aromatic amines is 1. The molecule has 0 bridgehead atoms. The van der Waals surface area contributed by atoms with Crippen LogP contribution in [0.4, 0.5) is 0 Å². The Kier molecular flexibility index (Phi) is 2.55. The molecular weight excluding hydrogens is 264 g/mol. The summed E-state index contributed by atoms with van der Waals surface area (Å²) >= 11 is 0. The number of hydrogen-bond donors (Lipinski definition) is 2. The van der Waals surface area contributed by atoms with Crippen molar-refractivity contribution in [2.75, 3.05) is 0 Å². The van der Waals surface area contributed by atoms with Gasteiger partial charge in [-0.3, -0.25) is 0 Å². The van der Waals surface area contributed by atoms with Crippen molar-refractivity contribution in [3.8, 4) is 5.69 Å². The molecule has 2 N–H and O–H groups in total. The first-order chi connectivity index (χ1) is 10.2. The number of benzene rings is 2. The number of hydrogen-bond acceptors (Lipinski definition) is 3. The Hall–Kier alpha value is -2.66. The van der Waals surface area contributed by atoms with E-state index in [1.165, 1.54) is 0 Å². The zero-order valence-corrected chi connectivity index (χ0v) is 11.5. The number of nitrogens with zero attached hydrogens (tertiary/aromatic N) is 3. The van der Waals surface area contributed by atoms with E-state index in [-0.39, 0.29) is 0 Å². The van der Waals surface area contributed by atoms with E-state index in [0.717, 1.165) is 27.6 Å². The molecule has 4 rings (SSSR count). The van der Waals surface area contributed by atoms with Crippen LogP contribution in [-0.4, -0.2) is 24.9 Å². The lowest BCUT2D eigenvalue weighted by atomic mass is 10.2. The van der Waals surface area contributed by atoms with Crippen molar-refractivity contribution in [3.63, 3.8) is 0 Å². The molecule has 2 aromatic carbocycles. The van der Waals surface area contributed by atoms with Crippen LogP contribution >= 0.6 is 0 Å². The number of aliphatic hydroxyl groups excluding tert-OH is 1. The van der Waals surface area contributed by atoms with Crippen molar-refractivity contribution in [1.82, 2.24) is 19.7 Å². The van der Waals surface area contributed by atoms with Crippen LogP contribution in [-0.2, 0) is 0 Å². The average molecular weight is 278 g/mol. The largest absolute Gasteiger partial charge is 0.385 e. The predicted molar refractivity (Wildman–Crippen MR) is 81.4 cm³/mol. The maximum atomic E-state index is 9.61. The van der Waals surface area contributed by atoms with Crippen LogP contribution in [0.1, 0.15) is 18.9 Å². The van der Waals surface area contributed by atoms with E-state index >= 15 is 0 Å². The summed E-state index contributed by atoms with van der Waals surface area (Å²) in [4.78, 5) is 7.50. The van der Waals surface area contributed by atoms with E-state index in [2.05, 4.69) is 15.1 Å². The van der Waals surface area contributed by atoms with Crippen LogP contribution in [0.15, 0.2) is 48.7 Å². The Balaban J connectivity index is 1.90. The van der Waals surface area contributed by atoms with Crippen molar-refractivity contribution < 1.29 is 5.11 Å². The molecule has 0 amide bonds. The Morgan fingerprint density at radius 2 is 2.05 bits per heavy atom. The van der Waals surface area contributed by atoms with Crippen LogP contribution in [0, 0.1) is 0 Å². The number of aliphatic hydroxyl groups is 1. The minimum Gasteiger partial charge on any atom is -0.385 e. The van der Waals surface area contributed by atoms with E-state index < -0.39 is 6.10 Å². The SMILES string of the molecule is C[C@H](O)c1nc2ccc(-n3ncc4ccccc43)cc2[nH]1. The standard InChI is InChI=1S/C16H14N4O/c1-10(21)16-18-13-7-6-12(8-14(13)19-16)20-15-5-3-2-4-11(15)9-17-20/h2-10,21H,1H3,(H,18,19)/t10-/m0/s1. The van der Waals surface area contributed by atoms with Gasteiger partial charge in [0.2, 0.25) is 0 Å². The third-order valence-electron chi connectivity index (χ3n) is 3.60. The topological polar surface area (TPSA) is 66.7 Å². The molecule has 0 spiro atoms. The van der Waals surface area contributed by atoms with E-state index in [4.69, 9.17) is 0 Å². The molecule has 0 saturated carbocycles. The lowest BCUT2D eigenvalue weighted by Gasteiger charge is -2.03. The average Bonchev–Trinajstić information content (AvgIpc) is 3.10. The highest BCUT2D eigenvalue weighted by Crippen LogP contribution is 2.22. The molecule has 0 aliphatic heterocycles. The Morgan fingerprint density at radius 1 is 1.19 bits per heavy atom. The van der Waals surface area contributed by atoms with Gasteiger partial charge in [0.25, 0.3) is 0 Å². The molecule has 2 aromatic heterocycles. The fourth-order valence-corrected chi connectivity index (χ4v) is 2.52. The molecule has 0 aliphatic carbocycles. The first-order valence-electron chi connectivity index (χ1n) is 6.83. The fraction of sp³-hybridized carbons (Fsp3) is 0.125. The maximum Gasteiger partial charge on any atom is 0.135 e. The normalized spacial score (nSPS) is 13.0. The molecule has 5 nitrogen and oxygen atoms in total. The van der Waals surface area contributed by atoms with Crippen molar-refractivity contribution in [3.05, 3.63) is 54.5 Å². The summed E-state index contributed by atoms with van der Waals surface area (Å²) in [5, 5.41) is 15.2. The Bertz CT molecular complexity index is 936. The number of para-hydroxylation sites is 1. The molecule has 0 radical (unpaired) electrons. The van der Waals surface area contributed by atoms with Crippen molar-refractivity contribution >= 4 is 21.9 Å². The Labute approximate surface area is 120 Å². The Morgan fingerprint density at radius 3 is 2.90 bits per heavy atom. The second-order valence-corrected chi connectivity index (χ2v) is 5.11. The van der Waals surface area contributed by atoms with E-state index in [9.17, 15) is 5.11 Å². The first-order valence-corrected chi connectivity index (χ1v) is 6.83. The van der Waals surface area contributed by atoms with Gasteiger partial charge in [-0.2, -0.15) is 5.10 Å². The van der Waals surface area contributed by atoms with E-state index in [0.29, 0.717) is 5.82 Å². The summed E-state index contributed by atoms with van der Waals surface area (Å²) in [5.74, 6) is 0.576. The number of nitrogens with one attached hydrogen (secondary N) is 1. The van der Waals surface area contributed by atoms with Gasteiger partial charge in [-0.15, -0.1) is 0 Å². The smallest absolute Gasteiger partial charge is 0.135 e. The highest BCUT2D eigenvalue weighted by atomic mass is 16.3.